The number of aryl methyl sites for hydroxylation is 1. The number of aromatic nitrogens is 4. The van der Waals surface area contributed by atoms with Crippen molar-refractivity contribution in [2.24, 2.45) is 0 Å². The lowest BCUT2D eigenvalue weighted by Crippen LogP contribution is -2.25. The van der Waals surface area contributed by atoms with Crippen LogP contribution in [0.2, 0.25) is 0 Å². The van der Waals surface area contributed by atoms with Crippen LogP contribution >= 0.6 is 0 Å². The van der Waals surface area contributed by atoms with E-state index < -0.39 is 5.41 Å². The number of fused-ring (bicyclic) bond motifs is 10. The average Bonchev–Trinajstić information content (AvgIpc) is 3.66. The molecule has 8 aromatic rings. The molecule has 0 radical (unpaired) electrons. The highest BCUT2D eigenvalue weighted by Gasteiger charge is 2.52. The summed E-state index contributed by atoms with van der Waals surface area (Å²) in [6.07, 6.45) is 3.86. The second-order valence-electron chi connectivity index (χ2n) is 13.1. The fraction of sp³-hybridized carbons (Fsp3) is 0.0435. The van der Waals surface area contributed by atoms with E-state index in [9.17, 15) is 0 Å². The average molecular weight is 639 g/mol. The van der Waals surface area contributed by atoms with Crippen molar-refractivity contribution in [3.05, 3.63) is 192 Å². The van der Waals surface area contributed by atoms with E-state index in [1.807, 2.05) is 73.1 Å². The van der Waals surface area contributed by atoms with E-state index in [0.29, 0.717) is 17.5 Å². The Morgan fingerprint density at radius 1 is 0.400 bits per heavy atom. The molecule has 1 atom stereocenters. The van der Waals surface area contributed by atoms with Crippen molar-refractivity contribution in [3.63, 3.8) is 0 Å². The van der Waals surface area contributed by atoms with Crippen LogP contribution in [-0.4, -0.2) is 19.9 Å². The van der Waals surface area contributed by atoms with E-state index in [-0.39, 0.29) is 0 Å². The predicted octanol–water partition coefficient (Wildman–Crippen LogP) is 10.6. The SMILES string of the molecule is Cc1cnccc1-c1cccc2c1-c1ccccc1C21c2ccccc2-c2cc(-c3nc(-c4ccccc4)nc(-c4ccccc4)n3)ccc21. The summed E-state index contributed by atoms with van der Waals surface area (Å²) < 4.78 is 0. The molecule has 2 aliphatic rings. The van der Waals surface area contributed by atoms with Gasteiger partial charge in [0.15, 0.2) is 17.5 Å². The van der Waals surface area contributed by atoms with Gasteiger partial charge in [0.1, 0.15) is 0 Å². The van der Waals surface area contributed by atoms with Crippen LogP contribution in [0.3, 0.4) is 0 Å². The summed E-state index contributed by atoms with van der Waals surface area (Å²) in [5.74, 6) is 1.97. The van der Waals surface area contributed by atoms with Crippen LogP contribution in [-0.2, 0) is 5.41 Å². The van der Waals surface area contributed by atoms with Crippen LogP contribution < -0.4 is 0 Å². The van der Waals surface area contributed by atoms with Crippen LogP contribution in [0.15, 0.2) is 164 Å². The summed E-state index contributed by atoms with van der Waals surface area (Å²) in [6.45, 7) is 2.15. The third-order valence-corrected chi connectivity index (χ3v) is 10.4. The Balaban J connectivity index is 1.23. The molecule has 234 valence electrons. The fourth-order valence-corrected chi connectivity index (χ4v) is 8.27. The molecule has 0 saturated heterocycles. The molecule has 0 bridgehead atoms. The predicted molar refractivity (Wildman–Crippen MR) is 200 cm³/mol. The van der Waals surface area contributed by atoms with Crippen molar-refractivity contribution >= 4 is 0 Å². The van der Waals surface area contributed by atoms with Gasteiger partial charge in [-0.25, -0.2) is 15.0 Å². The standard InChI is InChI=1S/C46H30N4/c1-29-28-47-26-25-33(29)35-19-12-22-41-42(35)36-18-9-11-21-39(36)46(41)38-20-10-8-17-34(38)37-27-32(23-24-40(37)46)45-49-43(30-13-4-2-5-14-30)48-44(50-45)31-15-6-3-7-16-31/h2-28H,1H3. The maximum absolute atomic E-state index is 5.07. The number of hydrogen-bond donors (Lipinski definition) is 0. The largest absolute Gasteiger partial charge is 0.264 e. The van der Waals surface area contributed by atoms with Gasteiger partial charge in [0, 0.05) is 29.1 Å². The highest BCUT2D eigenvalue weighted by Crippen LogP contribution is 2.64. The summed E-state index contributed by atoms with van der Waals surface area (Å²) in [5.41, 5.74) is 16.2. The minimum atomic E-state index is -0.461. The Morgan fingerprint density at radius 3 is 1.62 bits per heavy atom. The first kappa shape index (κ1) is 28.5. The van der Waals surface area contributed by atoms with E-state index in [4.69, 9.17) is 15.0 Å². The summed E-state index contributed by atoms with van der Waals surface area (Å²) in [7, 11) is 0. The molecule has 1 unspecified atom stereocenters. The lowest BCUT2D eigenvalue weighted by molar-refractivity contribution is 0.794. The number of pyridine rings is 1. The summed E-state index contributed by atoms with van der Waals surface area (Å²) in [6, 6.07) is 53.9. The Labute approximate surface area is 290 Å². The van der Waals surface area contributed by atoms with Gasteiger partial charge in [0.25, 0.3) is 0 Å². The van der Waals surface area contributed by atoms with Crippen LogP contribution in [0.4, 0.5) is 0 Å². The first-order valence-corrected chi connectivity index (χ1v) is 17.0. The molecule has 1 spiro atoms. The van der Waals surface area contributed by atoms with Gasteiger partial charge in [-0.2, -0.15) is 0 Å². The number of nitrogens with zero attached hydrogens (tertiary/aromatic N) is 4. The van der Waals surface area contributed by atoms with Crippen LogP contribution in [0.25, 0.3) is 67.5 Å². The topological polar surface area (TPSA) is 51.6 Å². The normalized spacial score (nSPS) is 15.0. The van der Waals surface area contributed by atoms with Gasteiger partial charge in [0.2, 0.25) is 0 Å². The first-order valence-electron chi connectivity index (χ1n) is 17.0. The van der Waals surface area contributed by atoms with Crippen molar-refractivity contribution in [2.75, 3.05) is 0 Å². The third-order valence-electron chi connectivity index (χ3n) is 10.4. The van der Waals surface area contributed by atoms with Crippen molar-refractivity contribution in [3.8, 4) is 67.5 Å². The van der Waals surface area contributed by atoms with Gasteiger partial charge in [-0.3, -0.25) is 4.98 Å². The van der Waals surface area contributed by atoms with Gasteiger partial charge in [-0.1, -0.05) is 140 Å². The number of benzene rings is 6. The Hall–Kier alpha value is -6.52. The quantitative estimate of drug-likeness (QED) is 0.192. The van der Waals surface area contributed by atoms with Crippen molar-refractivity contribution in [1.29, 1.82) is 0 Å². The number of rotatable bonds is 4. The van der Waals surface area contributed by atoms with Crippen LogP contribution in [0.5, 0.6) is 0 Å². The maximum atomic E-state index is 5.07. The molecule has 2 aromatic heterocycles. The maximum Gasteiger partial charge on any atom is 0.164 e. The minimum absolute atomic E-state index is 0.461. The molecular weight excluding hydrogens is 609 g/mol. The molecule has 0 fully saturated rings. The molecule has 0 saturated carbocycles. The van der Waals surface area contributed by atoms with Crippen molar-refractivity contribution < 1.29 is 0 Å². The Morgan fingerprint density at radius 2 is 0.940 bits per heavy atom. The second kappa shape index (κ2) is 11.0. The molecule has 2 aliphatic carbocycles. The highest BCUT2D eigenvalue weighted by molar-refractivity contribution is 6.00. The molecule has 2 heterocycles. The molecule has 4 heteroatoms. The van der Waals surface area contributed by atoms with Gasteiger partial charge < -0.3 is 0 Å². The lowest BCUT2D eigenvalue weighted by atomic mass is 9.70. The van der Waals surface area contributed by atoms with Crippen LogP contribution in [0.1, 0.15) is 27.8 Å². The van der Waals surface area contributed by atoms with Gasteiger partial charge in [-0.15, -0.1) is 0 Å². The molecule has 6 aromatic carbocycles. The van der Waals surface area contributed by atoms with E-state index in [0.717, 1.165) is 16.7 Å². The molecule has 0 aliphatic heterocycles. The zero-order valence-electron chi connectivity index (χ0n) is 27.4. The summed E-state index contributed by atoms with van der Waals surface area (Å²) >= 11 is 0. The molecule has 10 rings (SSSR count). The molecule has 0 N–H and O–H groups in total. The fourth-order valence-electron chi connectivity index (χ4n) is 8.27. The highest BCUT2D eigenvalue weighted by atomic mass is 15.0. The summed E-state index contributed by atoms with van der Waals surface area (Å²) in [4.78, 5) is 19.5. The molecule has 50 heavy (non-hydrogen) atoms. The summed E-state index contributed by atoms with van der Waals surface area (Å²) in [5, 5.41) is 0. The Bertz CT molecular complexity index is 2550. The van der Waals surface area contributed by atoms with Crippen molar-refractivity contribution in [2.45, 2.75) is 12.3 Å². The minimum Gasteiger partial charge on any atom is -0.264 e. The van der Waals surface area contributed by atoms with Gasteiger partial charge >= 0.3 is 0 Å². The molecule has 0 amide bonds. The first-order chi connectivity index (χ1) is 24.7. The zero-order chi connectivity index (χ0) is 33.2. The smallest absolute Gasteiger partial charge is 0.164 e. The van der Waals surface area contributed by atoms with E-state index in [2.05, 4.69) is 103 Å². The zero-order valence-corrected chi connectivity index (χ0v) is 27.4. The third kappa shape index (κ3) is 4.05. The van der Waals surface area contributed by atoms with Crippen molar-refractivity contribution in [1.82, 2.24) is 19.9 Å². The second-order valence-corrected chi connectivity index (χ2v) is 13.1. The molecule has 4 nitrogen and oxygen atoms in total. The van der Waals surface area contributed by atoms with Crippen LogP contribution in [0, 0.1) is 6.92 Å². The lowest BCUT2D eigenvalue weighted by Gasteiger charge is -2.30. The van der Waals surface area contributed by atoms with E-state index in [1.54, 1.807) is 0 Å². The van der Waals surface area contributed by atoms with E-state index in [1.165, 1.54) is 61.2 Å². The molecular formula is C46H30N4. The van der Waals surface area contributed by atoms with E-state index >= 15 is 0 Å². The van der Waals surface area contributed by atoms with Gasteiger partial charge in [0.05, 0.1) is 5.41 Å². The number of hydrogen-bond acceptors (Lipinski definition) is 4. The monoisotopic (exact) mass is 638 g/mol. The van der Waals surface area contributed by atoms with Gasteiger partial charge in [-0.05, 0) is 80.3 Å². The Kier molecular flexibility index (Phi) is 6.27.